The number of nitrogens with zero attached hydrogens (tertiary/aromatic N) is 5. The third-order valence-corrected chi connectivity index (χ3v) is 7.36. The molecular formula is C30H34FN9O. The maximum absolute atomic E-state index is 13.4. The predicted octanol–water partition coefficient (Wildman–Crippen LogP) is 4.31. The summed E-state index contributed by atoms with van der Waals surface area (Å²) in [6, 6.07) is 17.8. The maximum atomic E-state index is 13.4. The van der Waals surface area contributed by atoms with Crippen LogP contribution in [-0.2, 0) is 17.8 Å². The molecule has 0 unspecified atom stereocenters. The minimum atomic E-state index is -0.315. The van der Waals surface area contributed by atoms with Crippen LogP contribution >= 0.6 is 0 Å². The fourth-order valence-electron chi connectivity index (χ4n) is 4.82. The molecule has 1 saturated carbocycles. The van der Waals surface area contributed by atoms with Crippen LogP contribution in [0.1, 0.15) is 35.6 Å². The highest BCUT2D eigenvalue weighted by molar-refractivity contribution is 5.78. The largest absolute Gasteiger partial charge is 0.354 e. The van der Waals surface area contributed by atoms with Crippen LogP contribution in [0.15, 0.2) is 60.7 Å². The zero-order valence-electron chi connectivity index (χ0n) is 23.0. The first-order chi connectivity index (χ1) is 20.0. The summed E-state index contributed by atoms with van der Waals surface area (Å²) in [6.45, 7) is 3.99. The molecule has 0 atom stereocenters. The average molecular weight is 556 g/mol. The van der Waals surface area contributed by atoms with Crippen molar-refractivity contribution in [2.45, 2.75) is 31.7 Å². The number of likely N-dealkylation sites (N-methyl/N-ethyl adjacent to an activating group) is 1. The van der Waals surface area contributed by atoms with E-state index >= 15 is 0 Å². The molecule has 4 aromatic rings. The normalized spacial score (nSPS) is 15.5. The molecule has 0 spiro atoms. The highest BCUT2D eigenvalue weighted by Gasteiger charge is 2.25. The standard InChI is InChI=1S/C30H34FN9O/c1-39-11-13-40(14-12-39)28-18-26(34-27-17-25(37-38-27)22-7-8-22)35-30(36-28)33-24-9-5-20(6-10-24)16-29(41)32-19-21-3-2-4-23(31)15-21/h2-6,9-10,15,17-18,22H,7-8,11-14,16,19H2,1H3,(H,32,41)(H3,33,34,35,36,37,38). The van der Waals surface area contributed by atoms with Crippen LogP contribution in [0.2, 0.25) is 0 Å². The molecule has 0 radical (unpaired) electrons. The summed E-state index contributed by atoms with van der Waals surface area (Å²) in [5, 5.41) is 17.1. The minimum Gasteiger partial charge on any atom is -0.354 e. The van der Waals surface area contributed by atoms with Gasteiger partial charge in [0, 0.05) is 62.2 Å². The summed E-state index contributed by atoms with van der Waals surface area (Å²) in [4.78, 5) is 26.5. The Bertz CT molecular complexity index is 1490. The zero-order chi connectivity index (χ0) is 28.2. The van der Waals surface area contributed by atoms with Crippen LogP contribution < -0.4 is 20.9 Å². The minimum absolute atomic E-state index is 0.128. The van der Waals surface area contributed by atoms with E-state index in [2.05, 4.69) is 49.1 Å². The smallest absolute Gasteiger partial charge is 0.231 e. The van der Waals surface area contributed by atoms with Gasteiger partial charge in [-0.3, -0.25) is 9.89 Å². The fraction of sp³-hybridized carbons (Fsp3) is 0.333. The summed E-state index contributed by atoms with van der Waals surface area (Å²) in [5.74, 6) is 2.87. The second-order valence-electron chi connectivity index (χ2n) is 10.7. The van der Waals surface area contributed by atoms with E-state index in [0.29, 0.717) is 17.7 Å². The molecule has 11 heteroatoms. The summed E-state index contributed by atoms with van der Waals surface area (Å²) in [7, 11) is 2.13. The lowest BCUT2D eigenvalue weighted by Gasteiger charge is -2.33. The van der Waals surface area contributed by atoms with Crippen LogP contribution in [0.5, 0.6) is 0 Å². The molecular weight excluding hydrogens is 521 g/mol. The van der Waals surface area contributed by atoms with Crippen LogP contribution in [0.25, 0.3) is 0 Å². The Labute approximate surface area is 238 Å². The van der Waals surface area contributed by atoms with E-state index in [9.17, 15) is 9.18 Å². The van der Waals surface area contributed by atoms with Gasteiger partial charge in [0.05, 0.1) is 6.42 Å². The van der Waals surface area contributed by atoms with Gasteiger partial charge in [-0.25, -0.2) is 4.39 Å². The third kappa shape index (κ3) is 7.17. The lowest BCUT2D eigenvalue weighted by atomic mass is 10.1. The first-order valence-electron chi connectivity index (χ1n) is 14.0. The summed E-state index contributed by atoms with van der Waals surface area (Å²) in [6.07, 6.45) is 2.63. The van der Waals surface area contributed by atoms with E-state index in [1.54, 1.807) is 12.1 Å². The maximum Gasteiger partial charge on any atom is 0.231 e. The quantitative estimate of drug-likeness (QED) is 0.229. The van der Waals surface area contributed by atoms with Crippen molar-refractivity contribution in [3.8, 4) is 0 Å². The first kappa shape index (κ1) is 26.7. The van der Waals surface area contributed by atoms with Gasteiger partial charge in [-0.1, -0.05) is 24.3 Å². The summed E-state index contributed by atoms with van der Waals surface area (Å²) < 4.78 is 13.4. The molecule has 41 heavy (non-hydrogen) atoms. The van der Waals surface area contributed by atoms with Gasteiger partial charge in [0.15, 0.2) is 5.82 Å². The van der Waals surface area contributed by atoms with Crippen molar-refractivity contribution >= 4 is 35.0 Å². The SMILES string of the molecule is CN1CCN(c2cc(Nc3cc(C4CC4)[nH]n3)nc(Nc3ccc(CC(=O)NCc4cccc(F)c4)cc3)n2)CC1. The predicted molar refractivity (Wildman–Crippen MR) is 157 cm³/mol. The number of carbonyl (C=O) groups is 1. The lowest BCUT2D eigenvalue weighted by molar-refractivity contribution is -0.120. The highest BCUT2D eigenvalue weighted by atomic mass is 19.1. The van der Waals surface area contributed by atoms with E-state index in [0.717, 1.165) is 60.3 Å². The van der Waals surface area contributed by atoms with Gasteiger partial charge >= 0.3 is 0 Å². The molecule has 1 aliphatic heterocycles. The van der Waals surface area contributed by atoms with E-state index in [1.807, 2.05) is 30.3 Å². The van der Waals surface area contributed by atoms with E-state index in [1.165, 1.54) is 25.0 Å². The molecule has 6 rings (SSSR count). The van der Waals surface area contributed by atoms with Gasteiger partial charge in [-0.2, -0.15) is 15.1 Å². The molecule has 0 bridgehead atoms. The van der Waals surface area contributed by atoms with Crippen molar-refractivity contribution in [2.75, 3.05) is 48.8 Å². The number of halogens is 1. The van der Waals surface area contributed by atoms with Crippen LogP contribution in [-0.4, -0.2) is 64.2 Å². The van der Waals surface area contributed by atoms with Crippen LogP contribution in [0, 0.1) is 5.82 Å². The van der Waals surface area contributed by atoms with Gasteiger partial charge in [0.1, 0.15) is 17.5 Å². The molecule has 2 aliphatic rings. The summed E-state index contributed by atoms with van der Waals surface area (Å²) >= 11 is 0. The second kappa shape index (κ2) is 11.9. The molecule has 2 fully saturated rings. The Hall–Kier alpha value is -4.51. The number of rotatable bonds is 10. The molecule has 4 N–H and O–H groups in total. The molecule has 212 valence electrons. The Morgan fingerprint density at radius 2 is 1.76 bits per heavy atom. The topological polar surface area (TPSA) is 114 Å². The van der Waals surface area contributed by atoms with Gasteiger partial charge in [-0.05, 0) is 55.3 Å². The van der Waals surface area contributed by atoms with Crippen LogP contribution in [0.4, 0.5) is 33.5 Å². The van der Waals surface area contributed by atoms with Gasteiger partial charge in [0.25, 0.3) is 0 Å². The number of benzene rings is 2. The number of piperazine rings is 1. The van der Waals surface area contributed by atoms with E-state index in [-0.39, 0.29) is 24.7 Å². The number of carbonyl (C=O) groups excluding carboxylic acids is 1. The monoisotopic (exact) mass is 555 g/mol. The molecule has 3 heterocycles. The Balaban J connectivity index is 1.12. The molecule has 10 nitrogen and oxygen atoms in total. The number of aromatic nitrogens is 4. The van der Waals surface area contributed by atoms with Crippen molar-refractivity contribution in [1.82, 2.24) is 30.4 Å². The number of amides is 1. The molecule has 1 aliphatic carbocycles. The Morgan fingerprint density at radius 1 is 0.951 bits per heavy atom. The number of aromatic amines is 1. The zero-order valence-corrected chi connectivity index (χ0v) is 23.0. The lowest BCUT2D eigenvalue weighted by Crippen LogP contribution is -2.44. The van der Waals surface area contributed by atoms with E-state index in [4.69, 9.17) is 9.97 Å². The van der Waals surface area contributed by atoms with Gasteiger partial charge < -0.3 is 25.8 Å². The van der Waals surface area contributed by atoms with Crippen molar-refractivity contribution in [3.05, 3.63) is 83.3 Å². The Morgan fingerprint density at radius 3 is 2.51 bits per heavy atom. The van der Waals surface area contributed by atoms with Crippen molar-refractivity contribution in [3.63, 3.8) is 0 Å². The number of nitrogens with one attached hydrogen (secondary N) is 4. The van der Waals surface area contributed by atoms with Crippen molar-refractivity contribution < 1.29 is 9.18 Å². The van der Waals surface area contributed by atoms with Gasteiger partial charge in [-0.15, -0.1) is 0 Å². The Kier molecular flexibility index (Phi) is 7.77. The number of H-pyrrole nitrogens is 1. The first-order valence-corrected chi connectivity index (χ1v) is 14.0. The fourth-order valence-corrected chi connectivity index (χ4v) is 4.82. The van der Waals surface area contributed by atoms with E-state index < -0.39 is 0 Å². The average Bonchev–Trinajstić information content (AvgIpc) is 3.72. The molecule has 1 amide bonds. The second-order valence-corrected chi connectivity index (χ2v) is 10.7. The number of hydrogen-bond donors (Lipinski definition) is 4. The summed E-state index contributed by atoms with van der Waals surface area (Å²) in [5.41, 5.74) is 3.56. The number of anilines is 5. The number of hydrogen-bond acceptors (Lipinski definition) is 8. The highest BCUT2D eigenvalue weighted by Crippen LogP contribution is 2.39. The molecule has 1 saturated heterocycles. The molecule has 2 aromatic carbocycles. The van der Waals surface area contributed by atoms with Crippen molar-refractivity contribution in [1.29, 1.82) is 0 Å². The molecule has 2 aromatic heterocycles. The van der Waals surface area contributed by atoms with Crippen molar-refractivity contribution in [2.24, 2.45) is 0 Å². The van der Waals surface area contributed by atoms with Gasteiger partial charge in [0.2, 0.25) is 11.9 Å². The van der Waals surface area contributed by atoms with Crippen LogP contribution in [0.3, 0.4) is 0 Å². The third-order valence-electron chi connectivity index (χ3n) is 7.36.